The zero-order chi connectivity index (χ0) is 20.1. The van der Waals surface area contributed by atoms with Crippen LogP contribution in [0.1, 0.15) is 10.4 Å². The Morgan fingerprint density at radius 1 is 1.14 bits per heavy atom. The highest BCUT2D eigenvalue weighted by atomic mass is 79.9. The molecule has 0 saturated carbocycles. The van der Waals surface area contributed by atoms with Gasteiger partial charge in [0.1, 0.15) is 6.33 Å². The Balaban J connectivity index is 1.72. The topological polar surface area (TPSA) is 129 Å². The van der Waals surface area contributed by atoms with E-state index in [1.165, 1.54) is 6.33 Å². The van der Waals surface area contributed by atoms with Gasteiger partial charge < -0.3 is 4.90 Å². The van der Waals surface area contributed by atoms with Crippen LogP contribution in [0.3, 0.4) is 0 Å². The number of rotatable bonds is 6. The molecule has 1 aliphatic heterocycles. The monoisotopic (exact) mass is 450 g/mol. The van der Waals surface area contributed by atoms with E-state index in [-0.39, 0.29) is 17.3 Å². The molecule has 3 N–H and O–H groups in total. The molecule has 1 aliphatic rings. The fraction of sp³-hybridized carbons (Fsp3) is 0.312. The predicted molar refractivity (Wildman–Crippen MR) is 107 cm³/mol. The molecule has 28 heavy (non-hydrogen) atoms. The molecule has 1 aromatic carbocycles. The number of hydrogen-bond acceptors (Lipinski definition) is 9. The van der Waals surface area contributed by atoms with Crippen LogP contribution in [-0.2, 0) is 0 Å². The lowest BCUT2D eigenvalue weighted by Gasteiger charge is -2.32. The molecule has 0 aliphatic carbocycles. The first-order valence-corrected chi connectivity index (χ1v) is 9.25. The molecule has 3 rings (SSSR count). The molecule has 0 radical (unpaired) electrons. The third kappa shape index (κ3) is 4.91. The summed E-state index contributed by atoms with van der Waals surface area (Å²) < 4.78 is 0.836. The summed E-state index contributed by atoms with van der Waals surface area (Å²) in [5.41, 5.74) is 7.96. The van der Waals surface area contributed by atoms with E-state index in [2.05, 4.69) is 47.1 Å². The second-order valence-electron chi connectivity index (χ2n) is 6.16. The van der Waals surface area contributed by atoms with Gasteiger partial charge in [0.05, 0.1) is 4.92 Å². The molecule has 12 heteroatoms. The lowest BCUT2D eigenvalue weighted by atomic mass is 10.2. The molecule has 0 unspecified atom stereocenters. The molecule has 0 atom stereocenters. The van der Waals surface area contributed by atoms with Crippen molar-refractivity contribution in [2.75, 3.05) is 44.1 Å². The number of likely N-dealkylation sites (N-methyl/N-ethyl adjacent to an activating group) is 1. The number of carbonyl (C=O) groups excluding carboxylic acids is 1. The molecule has 0 bridgehead atoms. The molecule has 0 spiro atoms. The number of amides is 1. The van der Waals surface area contributed by atoms with E-state index in [0.717, 1.165) is 17.6 Å². The number of anilines is 2. The van der Waals surface area contributed by atoms with Gasteiger partial charge in [-0.2, -0.15) is 0 Å². The maximum atomic E-state index is 12.2. The van der Waals surface area contributed by atoms with Crippen molar-refractivity contribution in [3.8, 4) is 0 Å². The summed E-state index contributed by atoms with van der Waals surface area (Å²) in [4.78, 5) is 33.3. The number of hydrogen-bond donors (Lipinski definition) is 3. The van der Waals surface area contributed by atoms with Crippen LogP contribution in [0.15, 0.2) is 35.1 Å². The molecule has 2 aromatic rings. The minimum Gasteiger partial charge on any atom is -0.304 e. The van der Waals surface area contributed by atoms with E-state index in [9.17, 15) is 14.9 Å². The van der Waals surface area contributed by atoms with Crippen molar-refractivity contribution in [1.29, 1.82) is 0 Å². The number of halogens is 1. The van der Waals surface area contributed by atoms with Gasteiger partial charge in [-0.15, -0.1) is 0 Å². The first-order valence-electron chi connectivity index (χ1n) is 8.45. The van der Waals surface area contributed by atoms with Crippen LogP contribution in [0.2, 0.25) is 0 Å². The summed E-state index contributed by atoms with van der Waals surface area (Å²) in [6, 6.07) is 6.69. The van der Waals surface area contributed by atoms with Crippen molar-refractivity contribution in [3.05, 3.63) is 50.7 Å². The molecular weight excluding hydrogens is 432 g/mol. The van der Waals surface area contributed by atoms with E-state index in [0.29, 0.717) is 18.7 Å². The molecule has 11 nitrogen and oxygen atoms in total. The van der Waals surface area contributed by atoms with Crippen molar-refractivity contribution in [3.63, 3.8) is 0 Å². The van der Waals surface area contributed by atoms with E-state index in [4.69, 9.17) is 0 Å². The number of nitro groups is 1. The van der Waals surface area contributed by atoms with Crippen molar-refractivity contribution in [1.82, 2.24) is 25.3 Å². The highest BCUT2D eigenvalue weighted by Crippen LogP contribution is 2.28. The summed E-state index contributed by atoms with van der Waals surface area (Å²) in [5.74, 6) is -0.499. The summed E-state index contributed by atoms with van der Waals surface area (Å²) in [6.07, 6.45) is 1.19. The number of nitrogens with one attached hydrogen (secondary N) is 3. The minimum absolute atomic E-state index is 0.0601. The van der Waals surface area contributed by atoms with Crippen molar-refractivity contribution in [2.45, 2.75) is 0 Å². The molecule has 1 aromatic heterocycles. The maximum Gasteiger partial charge on any atom is 0.356 e. The van der Waals surface area contributed by atoms with E-state index >= 15 is 0 Å². The first kappa shape index (κ1) is 19.9. The van der Waals surface area contributed by atoms with Crippen molar-refractivity contribution in [2.24, 2.45) is 0 Å². The van der Waals surface area contributed by atoms with Gasteiger partial charge >= 0.3 is 5.69 Å². The quantitative estimate of drug-likeness (QED) is 0.442. The van der Waals surface area contributed by atoms with Gasteiger partial charge in [0.2, 0.25) is 11.6 Å². The predicted octanol–water partition coefficient (Wildman–Crippen LogP) is 1.48. The fourth-order valence-corrected chi connectivity index (χ4v) is 2.85. The first-order chi connectivity index (χ1) is 13.4. The standard InChI is InChI=1S/C16H19BrN8O3/c1-23-6-8-24(9-7-23)22-15-13(25(27)28)14(18-10-19-15)20-21-16(26)11-2-4-12(17)5-3-11/h2-5,10H,6-9H2,1H3,(H,21,26)(H2,18,19,20,22). The third-order valence-corrected chi connectivity index (χ3v) is 4.70. The fourth-order valence-electron chi connectivity index (χ4n) is 2.58. The zero-order valence-electron chi connectivity index (χ0n) is 15.1. The van der Waals surface area contributed by atoms with E-state index in [1.807, 2.05) is 12.1 Å². The van der Waals surface area contributed by atoms with Gasteiger partial charge in [-0.25, -0.2) is 15.0 Å². The molecule has 148 valence electrons. The highest BCUT2D eigenvalue weighted by Gasteiger charge is 2.25. The van der Waals surface area contributed by atoms with Crippen LogP contribution < -0.4 is 16.3 Å². The van der Waals surface area contributed by atoms with Gasteiger partial charge in [0.15, 0.2) is 0 Å². The smallest absolute Gasteiger partial charge is 0.304 e. The maximum absolute atomic E-state index is 12.2. The third-order valence-electron chi connectivity index (χ3n) is 4.17. The highest BCUT2D eigenvalue weighted by molar-refractivity contribution is 9.10. The lowest BCUT2D eigenvalue weighted by molar-refractivity contribution is -0.383. The molecular formula is C16H19BrN8O3. The van der Waals surface area contributed by atoms with Gasteiger partial charge in [0.25, 0.3) is 5.91 Å². The number of piperazine rings is 1. The van der Waals surface area contributed by atoms with Crippen LogP contribution in [0.5, 0.6) is 0 Å². The summed E-state index contributed by atoms with van der Waals surface area (Å²) in [7, 11) is 2.01. The lowest BCUT2D eigenvalue weighted by Crippen LogP contribution is -2.47. The Morgan fingerprint density at radius 2 is 1.79 bits per heavy atom. The number of aromatic nitrogens is 2. The summed E-state index contributed by atoms with van der Waals surface area (Å²) >= 11 is 3.29. The van der Waals surface area contributed by atoms with Crippen LogP contribution in [0, 0.1) is 10.1 Å². The Bertz CT molecular complexity index is 855. The summed E-state index contributed by atoms with van der Waals surface area (Å²) in [6.45, 7) is 3.06. The van der Waals surface area contributed by atoms with Gasteiger partial charge in [-0.3, -0.25) is 31.2 Å². The van der Waals surface area contributed by atoms with Crippen LogP contribution in [0.4, 0.5) is 17.3 Å². The van der Waals surface area contributed by atoms with E-state index < -0.39 is 10.8 Å². The van der Waals surface area contributed by atoms with Crippen molar-refractivity contribution < 1.29 is 9.72 Å². The summed E-state index contributed by atoms with van der Waals surface area (Å²) in [5, 5.41) is 13.4. The van der Waals surface area contributed by atoms with Crippen LogP contribution in [-0.4, -0.2) is 63.9 Å². The average molecular weight is 451 g/mol. The minimum atomic E-state index is -0.591. The van der Waals surface area contributed by atoms with Crippen LogP contribution in [0.25, 0.3) is 0 Å². The van der Waals surface area contributed by atoms with Crippen molar-refractivity contribution >= 4 is 39.2 Å². The molecule has 2 heterocycles. The van der Waals surface area contributed by atoms with Gasteiger partial charge in [0, 0.05) is 36.2 Å². The van der Waals surface area contributed by atoms with Gasteiger partial charge in [-0.1, -0.05) is 15.9 Å². The average Bonchev–Trinajstić information content (AvgIpc) is 2.68. The molecule has 1 amide bonds. The molecule has 1 fully saturated rings. The zero-order valence-corrected chi connectivity index (χ0v) is 16.6. The Morgan fingerprint density at radius 3 is 2.43 bits per heavy atom. The Kier molecular flexibility index (Phi) is 6.34. The Labute approximate surface area is 169 Å². The number of hydrazine groups is 2. The normalized spacial score (nSPS) is 15.1. The van der Waals surface area contributed by atoms with Crippen LogP contribution >= 0.6 is 15.9 Å². The largest absolute Gasteiger partial charge is 0.356 e. The molecule has 1 saturated heterocycles. The Hall–Kier alpha value is -2.83. The van der Waals surface area contributed by atoms with E-state index in [1.54, 1.807) is 24.3 Å². The second-order valence-corrected chi connectivity index (χ2v) is 7.08. The number of nitrogens with zero attached hydrogens (tertiary/aromatic N) is 5. The second kappa shape index (κ2) is 8.91. The number of benzene rings is 1. The number of carbonyl (C=O) groups is 1. The van der Waals surface area contributed by atoms with Gasteiger partial charge in [-0.05, 0) is 31.3 Å². The SMILES string of the molecule is CN1CCN(Nc2ncnc(NNC(=O)c3ccc(Br)cc3)c2[N+](=O)[O-])CC1.